The van der Waals surface area contributed by atoms with E-state index in [2.05, 4.69) is 54.5 Å². The minimum absolute atomic E-state index is 0.666. The van der Waals surface area contributed by atoms with Crippen molar-refractivity contribution in [3.63, 3.8) is 0 Å². The fraction of sp³-hybridized carbons (Fsp3) is 0.476. The number of ether oxygens (including phenoxy) is 1. The molecule has 1 aromatic heterocycles. The third kappa shape index (κ3) is 6.05. The molecule has 0 spiro atoms. The van der Waals surface area contributed by atoms with Crippen molar-refractivity contribution in [3.05, 3.63) is 47.8 Å². The average Bonchev–Trinajstić information content (AvgIpc) is 2.77. The Kier molecular flexibility index (Phi) is 7.63. The quantitative estimate of drug-likeness (QED) is 0.538. The Hall–Kier alpha value is -2.87. The van der Waals surface area contributed by atoms with Crippen LogP contribution in [0.2, 0.25) is 0 Å². The summed E-state index contributed by atoms with van der Waals surface area (Å²) in [4.78, 5) is 17.7. The Morgan fingerprint density at radius 2 is 1.90 bits per heavy atom. The van der Waals surface area contributed by atoms with E-state index in [1.165, 1.54) is 5.56 Å². The van der Waals surface area contributed by atoms with Gasteiger partial charge in [-0.25, -0.2) is 9.97 Å². The first-order chi connectivity index (χ1) is 14.2. The molecule has 29 heavy (non-hydrogen) atoms. The molecule has 1 aliphatic heterocycles. The van der Waals surface area contributed by atoms with Crippen molar-refractivity contribution < 1.29 is 4.74 Å². The Balaban J connectivity index is 1.38. The summed E-state index contributed by atoms with van der Waals surface area (Å²) in [6.07, 6.45) is 3.59. The number of aryl methyl sites for hydroxylation is 1. The van der Waals surface area contributed by atoms with Gasteiger partial charge in [0.1, 0.15) is 5.75 Å². The highest BCUT2D eigenvalue weighted by Crippen LogP contribution is 2.19. The van der Waals surface area contributed by atoms with Gasteiger partial charge >= 0.3 is 0 Å². The molecule has 0 bridgehead atoms. The molecule has 0 saturated carbocycles. The maximum absolute atomic E-state index is 5.47. The SMILES string of the molecule is CN=C(NCCN1CCN(c2ncccn2)CC1)NCc1ccc(C)cc1OC. The Morgan fingerprint density at radius 3 is 2.59 bits per heavy atom. The first-order valence-corrected chi connectivity index (χ1v) is 10.0. The van der Waals surface area contributed by atoms with E-state index >= 15 is 0 Å². The Morgan fingerprint density at radius 1 is 1.14 bits per heavy atom. The molecule has 0 radical (unpaired) electrons. The standard InChI is InChI=1S/C21H31N7O/c1-17-5-6-18(19(15-17)29-3)16-26-20(22-2)23-9-10-27-11-13-28(14-12-27)21-24-7-4-8-25-21/h4-8,15H,9-14,16H2,1-3H3,(H2,22,23,26). The van der Waals surface area contributed by atoms with Crippen LogP contribution in [0.5, 0.6) is 5.75 Å². The summed E-state index contributed by atoms with van der Waals surface area (Å²) in [6.45, 7) is 8.45. The normalized spacial score (nSPS) is 15.3. The third-order valence-electron chi connectivity index (χ3n) is 5.04. The number of hydrogen-bond acceptors (Lipinski definition) is 6. The van der Waals surface area contributed by atoms with E-state index < -0.39 is 0 Å². The van der Waals surface area contributed by atoms with Crippen molar-refractivity contribution in [1.29, 1.82) is 0 Å². The highest BCUT2D eigenvalue weighted by molar-refractivity contribution is 5.79. The maximum atomic E-state index is 5.47. The number of benzene rings is 1. The predicted molar refractivity (Wildman–Crippen MR) is 117 cm³/mol. The number of rotatable bonds is 7. The van der Waals surface area contributed by atoms with Crippen LogP contribution in [0.15, 0.2) is 41.7 Å². The first kappa shape index (κ1) is 20.9. The Labute approximate surface area is 173 Å². The van der Waals surface area contributed by atoms with Gasteiger partial charge in [0.15, 0.2) is 5.96 Å². The molecule has 2 aromatic rings. The van der Waals surface area contributed by atoms with Crippen molar-refractivity contribution in [1.82, 2.24) is 25.5 Å². The molecular formula is C21H31N7O. The number of nitrogens with one attached hydrogen (secondary N) is 2. The fourth-order valence-electron chi connectivity index (χ4n) is 3.36. The van der Waals surface area contributed by atoms with E-state index in [9.17, 15) is 0 Å². The summed E-state index contributed by atoms with van der Waals surface area (Å²) in [6, 6.07) is 8.08. The van der Waals surface area contributed by atoms with Crippen LogP contribution in [-0.2, 0) is 6.54 Å². The predicted octanol–water partition coefficient (Wildman–Crippen LogP) is 1.28. The summed E-state index contributed by atoms with van der Waals surface area (Å²) < 4.78 is 5.47. The number of piperazine rings is 1. The van der Waals surface area contributed by atoms with Gasteiger partial charge < -0.3 is 20.3 Å². The highest BCUT2D eigenvalue weighted by Gasteiger charge is 2.18. The molecule has 1 fully saturated rings. The lowest BCUT2D eigenvalue weighted by Gasteiger charge is -2.34. The van der Waals surface area contributed by atoms with Crippen LogP contribution in [0, 0.1) is 6.92 Å². The maximum Gasteiger partial charge on any atom is 0.225 e. The van der Waals surface area contributed by atoms with E-state index in [4.69, 9.17) is 4.74 Å². The topological polar surface area (TPSA) is 77.9 Å². The van der Waals surface area contributed by atoms with E-state index in [-0.39, 0.29) is 0 Å². The first-order valence-electron chi connectivity index (χ1n) is 10.0. The van der Waals surface area contributed by atoms with Gasteiger partial charge in [0.05, 0.1) is 7.11 Å². The largest absolute Gasteiger partial charge is 0.496 e. The van der Waals surface area contributed by atoms with Crippen molar-refractivity contribution in [2.75, 3.05) is 58.3 Å². The monoisotopic (exact) mass is 397 g/mol. The second kappa shape index (κ2) is 10.6. The molecule has 0 unspecified atom stereocenters. The zero-order valence-electron chi connectivity index (χ0n) is 17.6. The van der Waals surface area contributed by atoms with E-state index in [1.54, 1.807) is 26.6 Å². The van der Waals surface area contributed by atoms with Crippen molar-refractivity contribution in [2.24, 2.45) is 4.99 Å². The molecule has 2 N–H and O–H groups in total. The Bertz CT molecular complexity index is 789. The molecular weight excluding hydrogens is 366 g/mol. The summed E-state index contributed by atoms with van der Waals surface area (Å²) in [5, 5.41) is 6.76. The zero-order chi connectivity index (χ0) is 20.5. The number of methoxy groups -OCH3 is 1. The van der Waals surface area contributed by atoms with Crippen LogP contribution in [0.4, 0.5) is 5.95 Å². The van der Waals surface area contributed by atoms with Gasteiger partial charge in [-0.15, -0.1) is 0 Å². The summed E-state index contributed by atoms with van der Waals surface area (Å²) >= 11 is 0. The number of aromatic nitrogens is 2. The highest BCUT2D eigenvalue weighted by atomic mass is 16.5. The summed E-state index contributed by atoms with van der Waals surface area (Å²) in [5.74, 6) is 2.51. The molecule has 2 heterocycles. The van der Waals surface area contributed by atoms with Crippen LogP contribution in [0.3, 0.4) is 0 Å². The van der Waals surface area contributed by atoms with Gasteiger partial charge in [0.2, 0.25) is 5.95 Å². The lowest BCUT2D eigenvalue weighted by molar-refractivity contribution is 0.260. The average molecular weight is 398 g/mol. The molecule has 3 rings (SSSR count). The third-order valence-corrected chi connectivity index (χ3v) is 5.04. The van der Waals surface area contributed by atoms with Crippen molar-refractivity contribution in [2.45, 2.75) is 13.5 Å². The van der Waals surface area contributed by atoms with E-state index in [0.29, 0.717) is 6.54 Å². The lowest BCUT2D eigenvalue weighted by atomic mass is 10.1. The van der Waals surface area contributed by atoms with Gasteiger partial charge in [0, 0.05) is 70.8 Å². The zero-order valence-corrected chi connectivity index (χ0v) is 17.6. The number of nitrogens with zero attached hydrogens (tertiary/aromatic N) is 5. The smallest absolute Gasteiger partial charge is 0.225 e. The summed E-state index contributed by atoms with van der Waals surface area (Å²) in [7, 11) is 3.50. The van der Waals surface area contributed by atoms with Crippen LogP contribution in [-0.4, -0.2) is 74.3 Å². The molecule has 0 atom stereocenters. The molecule has 0 amide bonds. The molecule has 8 heteroatoms. The minimum Gasteiger partial charge on any atom is -0.496 e. The number of aliphatic imine (C=N–C) groups is 1. The van der Waals surface area contributed by atoms with Crippen molar-refractivity contribution >= 4 is 11.9 Å². The van der Waals surface area contributed by atoms with E-state index in [0.717, 1.165) is 62.5 Å². The molecule has 156 valence electrons. The van der Waals surface area contributed by atoms with Crippen LogP contribution >= 0.6 is 0 Å². The summed E-state index contributed by atoms with van der Waals surface area (Å²) in [5.41, 5.74) is 2.30. The molecule has 8 nitrogen and oxygen atoms in total. The van der Waals surface area contributed by atoms with E-state index in [1.807, 2.05) is 12.1 Å². The van der Waals surface area contributed by atoms with Crippen molar-refractivity contribution in [3.8, 4) is 5.75 Å². The molecule has 1 aromatic carbocycles. The lowest BCUT2D eigenvalue weighted by Crippen LogP contribution is -2.49. The van der Waals surface area contributed by atoms with Gasteiger partial charge in [-0.3, -0.25) is 9.89 Å². The van der Waals surface area contributed by atoms with Gasteiger partial charge in [-0.05, 0) is 24.6 Å². The molecule has 1 saturated heterocycles. The van der Waals surface area contributed by atoms with Gasteiger partial charge in [-0.2, -0.15) is 0 Å². The number of hydrogen-bond donors (Lipinski definition) is 2. The second-order valence-electron chi connectivity index (χ2n) is 7.05. The van der Waals surface area contributed by atoms with Crippen LogP contribution in [0.25, 0.3) is 0 Å². The van der Waals surface area contributed by atoms with Gasteiger partial charge in [-0.1, -0.05) is 12.1 Å². The van der Waals surface area contributed by atoms with Crippen LogP contribution < -0.4 is 20.3 Å². The molecule has 1 aliphatic rings. The van der Waals surface area contributed by atoms with Crippen LogP contribution in [0.1, 0.15) is 11.1 Å². The minimum atomic E-state index is 0.666. The fourth-order valence-corrected chi connectivity index (χ4v) is 3.36. The van der Waals surface area contributed by atoms with Gasteiger partial charge in [0.25, 0.3) is 0 Å². The number of guanidine groups is 1. The number of anilines is 1. The second-order valence-corrected chi connectivity index (χ2v) is 7.05. The molecule has 0 aliphatic carbocycles.